The zero-order valence-electron chi connectivity index (χ0n) is 15.9. The number of rotatable bonds is 17. The molecule has 0 N–H and O–H groups in total. The fourth-order valence-electron chi connectivity index (χ4n) is 2.94. The second kappa shape index (κ2) is 15.0. The Hall–Kier alpha value is -0.595. The molecule has 0 aliphatic carbocycles. The first-order valence-electron chi connectivity index (χ1n) is 9.85. The van der Waals surface area contributed by atoms with Crippen LogP contribution < -0.4 is 0 Å². The molecule has 0 amide bonds. The molecule has 0 bridgehead atoms. The molecule has 0 aliphatic heterocycles. The second-order valence-electron chi connectivity index (χ2n) is 7.50. The largest absolute Gasteiger partial charge is 0.316 e. The zero-order chi connectivity index (χ0) is 17.4. The van der Waals surface area contributed by atoms with Crippen LogP contribution in [-0.4, -0.2) is 19.2 Å². The van der Waals surface area contributed by atoms with Gasteiger partial charge in [-0.3, -0.25) is 4.79 Å². The first-order chi connectivity index (χ1) is 11.0. The van der Waals surface area contributed by atoms with Gasteiger partial charge in [0.2, 0.25) is 0 Å². The average Bonchev–Trinajstić information content (AvgIpc) is 2.52. The quantitative estimate of drug-likeness (QED) is 0.187. The van der Waals surface area contributed by atoms with Crippen molar-refractivity contribution in [2.24, 2.45) is 5.41 Å². The Labute approximate surface area is 145 Å². The average molecular weight is 321 g/mol. The van der Waals surface area contributed by atoms with Gasteiger partial charge < -0.3 is 4.79 Å². The van der Waals surface area contributed by atoms with Gasteiger partial charge >= 0.3 is 0 Å². The van der Waals surface area contributed by atoms with Crippen LogP contribution in [0.2, 0.25) is 6.32 Å². The first kappa shape index (κ1) is 22.4. The van der Waals surface area contributed by atoms with Gasteiger partial charge in [-0.2, -0.15) is 0 Å². The molecule has 0 spiro atoms. The van der Waals surface area contributed by atoms with E-state index >= 15 is 0 Å². The summed E-state index contributed by atoms with van der Waals surface area (Å²) in [6, 6.07) is 0. The Morgan fingerprint density at radius 3 is 1.83 bits per heavy atom. The Balaban J connectivity index is 3.46. The molecule has 0 fully saturated rings. The molecule has 1 radical (unpaired) electrons. The second-order valence-corrected chi connectivity index (χ2v) is 7.50. The topological polar surface area (TPSA) is 34.1 Å². The van der Waals surface area contributed by atoms with E-state index < -0.39 is 0 Å². The Morgan fingerprint density at radius 1 is 0.870 bits per heavy atom. The normalized spacial score (nSPS) is 11.4. The van der Waals surface area contributed by atoms with Gasteiger partial charge in [-0.1, -0.05) is 91.3 Å². The van der Waals surface area contributed by atoms with Gasteiger partial charge in [0.1, 0.15) is 5.78 Å². The van der Waals surface area contributed by atoms with Crippen molar-refractivity contribution in [1.29, 1.82) is 0 Å². The Morgan fingerprint density at radius 2 is 1.35 bits per heavy atom. The number of hydrogen-bond donors (Lipinski definition) is 0. The Kier molecular flexibility index (Phi) is 14.6. The van der Waals surface area contributed by atoms with Crippen LogP contribution in [0.15, 0.2) is 0 Å². The zero-order valence-corrected chi connectivity index (χ0v) is 15.9. The smallest absolute Gasteiger partial charge is 0.197 e. The molecule has 0 rings (SSSR count). The maximum absolute atomic E-state index is 12.2. The van der Waals surface area contributed by atoms with Gasteiger partial charge in [0.05, 0.1) is 6.19 Å². The third kappa shape index (κ3) is 13.5. The fourth-order valence-corrected chi connectivity index (χ4v) is 2.94. The highest BCUT2D eigenvalue weighted by atomic mass is 16.1. The van der Waals surface area contributed by atoms with Gasteiger partial charge in [0.25, 0.3) is 0 Å². The van der Waals surface area contributed by atoms with E-state index in [-0.39, 0.29) is 5.41 Å². The van der Waals surface area contributed by atoms with Crippen molar-refractivity contribution < 1.29 is 9.59 Å². The number of carbonyl (C=O) groups is 2. The van der Waals surface area contributed by atoms with Crippen LogP contribution in [0, 0.1) is 5.41 Å². The lowest BCUT2D eigenvalue weighted by Gasteiger charge is -2.22. The molecule has 0 atom stereocenters. The summed E-state index contributed by atoms with van der Waals surface area (Å²) in [5, 5.41) is 0. The standard InChI is InChI=1S/C20H38BO2/c1-4-5-6-7-8-9-10-11-12-13-14-15-19(23)20(2,3)16-17-21-18-22/h18H,4-17H2,1-3H3. The van der Waals surface area contributed by atoms with Crippen molar-refractivity contribution in [2.45, 2.75) is 111 Å². The summed E-state index contributed by atoms with van der Waals surface area (Å²) in [6.45, 7) is 6.27. The summed E-state index contributed by atoms with van der Waals surface area (Å²) in [4.78, 5) is 22.5. The molecule has 0 saturated heterocycles. The van der Waals surface area contributed by atoms with Gasteiger partial charge in [-0.15, -0.1) is 0 Å². The number of hydrogen-bond acceptors (Lipinski definition) is 2. The minimum absolute atomic E-state index is 0.280. The van der Waals surface area contributed by atoms with Gasteiger partial charge in [0, 0.05) is 11.8 Å². The summed E-state index contributed by atoms with van der Waals surface area (Å²) < 4.78 is 0. The van der Waals surface area contributed by atoms with Crippen molar-refractivity contribution >= 4 is 19.2 Å². The predicted molar refractivity (Wildman–Crippen MR) is 102 cm³/mol. The molecule has 0 heterocycles. The third-order valence-corrected chi connectivity index (χ3v) is 4.79. The number of ketones is 1. The van der Waals surface area contributed by atoms with Crippen LogP contribution in [0.5, 0.6) is 0 Å². The van der Waals surface area contributed by atoms with Crippen LogP contribution in [-0.2, 0) is 9.59 Å². The van der Waals surface area contributed by atoms with Crippen molar-refractivity contribution in [3.05, 3.63) is 0 Å². The number of Topliss-reactive ketones (excluding diaryl/α,β-unsaturated/α-hetero) is 1. The monoisotopic (exact) mass is 321 g/mol. The highest BCUT2D eigenvalue weighted by Gasteiger charge is 2.25. The molecule has 3 heteroatoms. The summed E-state index contributed by atoms with van der Waals surface area (Å²) in [7, 11) is 1.61. The van der Waals surface area contributed by atoms with E-state index in [1.54, 1.807) is 7.28 Å². The van der Waals surface area contributed by atoms with E-state index in [1.165, 1.54) is 64.2 Å². The third-order valence-electron chi connectivity index (χ3n) is 4.79. The van der Waals surface area contributed by atoms with Crippen molar-refractivity contribution in [1.82, 2.24) is 0 Å². The number of carbonyl (C=O) groups excluding carboxylic acids is 2. The van der Waals surface area contributed by atoms with E-state index in [9.17, 15) is 9.59 Å². The van der Waals surface area contributed by atoms with Crippen molar-refractivity contribution in [2.75, 3.05) is 0 Å². The summed E-state index contributed by atoms with van der Waals surface area (Å²) in [6.07, 6.45) is 17.4. The van der Waals surface area contributed by atoms with Crippen LogP contribution in [0.25, 0.3) is 0 Å². The van der Waals surface area contributed by atoms with E-state index in [2.05, 4.69) is 6.92 Å². The van der Waals surface area contributed by atoms with Gasteiger partial charge in [0.15, 0.2) is 7.28 Å². The fraction of sp³-hybridized carbons (Fsp3) is 0.900. The van der Waals surface area contributed by atoms with Crippen LogP contribution in [0.4, 0.5) is 0 Å². The molecule has 0 aromatic carbocycles. The molecule has 0 aliphatic rings. The summed E-state index contributed by atoms with van der Waals surface area (Å²) in [5.74, 6) is 0.354. The van der Waals surface area contributed by atoms with E-state index in [1.807, 2.05) is 13.8 Å². The lowest BCUT2D eigenvalue weighted by Crippen LogP contribution is -2.24. The minimum Gasteiger partial charge on any atom is -0.316 e. The molecule has 2 nitrogen and oxygen atoms in total. The van der Waals surface area contributed by atoms with Gasteiger partial charge in [-0.05, 0) is 12.8 Å². The molecule has 133 valence electrons. The molecular weight excluding hydrogens is 283 g/mol. The SMILES string of the molecule is CCCCCCCCCCCCCC(=O)C(C)(C)CC[B]C=O. The minimum atomic E-state index is -0.280. The maximum Gasteiger partial charge on any atom is 0.197 e. The first-order valence-corrected chi connectivity index (χ1v) is 9.85. The summed E-state index contributed by atoms with van der Waals surface area (Å²) in [5.41, 5.74) is -0.280. The summed E-state index contributed by atoms with van der Waals surface area (Å²) >= 11 is 0. The van der Waals surface area contributed by atoms with Crippen LogP contribution in [0.1, 0.15) is 104 Å². The van der Waals surface area contributed by atoms with Crippen molar-refractivity contribution in [3.8, 4) is 0 Å². The van der Waals surface area contributed by atoms with E-state index in [0.717, 1.165) is 19.0 Å². The van der Waals surface area contributed by atoms with Crippen LogP contribution >= 0.6 is 0 Å². The highest BCUT2D eigenvalue weighted by molar-refractivity contribution is 6.66. The highest BCUT2D eigenvalue weighted by Crippen LogP contribution is 2.26. The molecule has 0 unspecified atom stereocenters. The molecule has 23 heavy (non-hydrogen) atoms. The number of unbranched alkanes of at least 4 members (excludes halogenated alkanes) is 10. The van der Waals surface area contributed by atoms with E-state index in [0.29, 0.717) is 18.5 Å². The maximum atomic E-state index is 12.2. The lowest BCUT2D eigenvalue weighted by molar-refractivity contribution is -0.127. The Bertz CT molecular complexity index is 300. The molecule has 0 aromatic rings. The molecular formula is C20H38BO2. The van der Waals surface area contributed by atoms with Gasteiger partial charge in [-0.25, -0.2) is 0 Å². The van der Waals surface area contributed by atoms with Crippen LogP contribution in [0.3, 0.4) is 0 Å². The predicted octanol–water partition coefficient (Wildman–Crippen LogP) is 5.99. The molecule has 0 saturated carbocycles. The van der Waals surface area contributed by atoms with E-state index in [4.69, 9.17) is 0 Å². The lowest BCUT2D eigenvalue weighted by atomic mass is 9.69. The molecule has 0 aromatic heterocycles. The van der Waals surface area contributed by atoms with Crippen molar-refractivity contribution in [3.63, 3.8) is 0 Å².